The third-order valence-corrected chi connectivity index (χ3v) is 10.2. The summed E-state index contributed by atoms with van der Waals surface area (Å²) >= 11 is 0. The number of nitrogens with one attached hydrogen (secondary N) is 3. The van der Waals surface area contributed by atoms with E-state index in [0.717, 1.165) is 0 Å². The maximum Gasteiger partial charge on any atom is 0.326 e. The molecular formula is C39H66N12O8. The second kappa shape index (κ2) is 24.3. The Balaban J connectivity index is 2.41. The second-order valence-electron chi connectivity index (χ2n) is 15.5. The summed E-state index contributed by atoms with van der Waals surface area (Å²) in [6, 6.07) is -0.538. The number of phenols is 1. The number of likely N-dealkylation sites (tertiary alicyclic amines) is 1. The summed E-state index contributed by atoms with van der Waals surface area (Å²) in [7, 11) is 1.43. The first-order valence-electron chi connectivity index (χ1n) is 20.1. The summed E-state index contributed by atoms with van der Waals surface area (Å²) in [6.45, 7) is 7.91. The maximum absolute atomic E-state index is 14.4. The van der Waals surface area contributed by atoms with Crippen molar-refractivity contribution in [1.29, 1.82) is 0 Å². The lowest BCUT2D eigenvalue weighted by Crippen LogP contribution is -2.60. The monoisotopic (exact) mass is 831 g/mol. The van der Waals surface area contributed by atoms with Gasteiger partial charge in [0.1, 0.15) is 36.0 Å². The van der Waals surface area contributed by atoms with Gasteiger partial charge in [-0.25, -0.2) is 4.79 Å². The van der Waals surface area contributed by atoms with Gasteiger partial charge < -0.3 is 64.6 Å². The van der Waals surface area contributed by atoms with Crippen LogP contribution in [-0.4, -0.2) is 130 Å². The van der Waals surface area contributed by atoms with Crippen LogP contribution in [0.3, 0.4) is 0 Å². The number of carboxylic acid groups (broad SMARTS) is 1. The minimum absolute atomic E-state index is 0.00683. The maximum atomic E-state index is 14.4. The summed E-state index contributed by atoms with van der Waals surface area (Å²) in [5.74, 6) is -4.89. The molecule has 0 bridgehead atoms. The van der Waals surface area contributed by atoms with Crippen LogP contribution in [0.25, 0.3) is 0 Å². The van der Waals surface area contributed by atoms with Gasteiger partial charge in [-0.15, -0.1) is 0 Å². The number of rotatable bonds is 24. The Morgan fingerprint density at radius 3 is 1.98 bits per heavy atom. The highest BCUT2D eigenvalue weighted by molar-refractivity contribution is 5.96. The van der Waals surface area contributed by atoms with Crippen LogP contribution in [0.4, 0.5) is 0 Å². The predicted octanol–water partition coefficient (Wildman–Crippen LogP) is -1.18. The van der Waals surface area contributed by atoms with Gasteiger partial charge in [-0.2, -0.15) is 0 Å². The topological polar surface area (TPSA) is 340 Å². The fourth-order valence-corrected chi connectivity index (χ4v) is 6.90. The van der Waals surface area contributed by atoms with Crippen molar-refractivity contribution in [2.24, 2.45) is 50.5 Å². The van der Waals surface area contributed by atoms with Gasteiger partial charge in [0.05, 0.1) is 6.04 Å². The van der Waals surface area contributed by atoms with Gasteiger partial charge in [0.15, 0.2) is 11.9 Å². The van der Waals surface area contributed by atoms with Crippen molar-refractivity contribution in [3.05, 3.63) is 29.8 Å². The number of carboxylic acids is 1. The number of guanidine groups is 2. The molecular weight excluding hydrogens is 765 g/mol. The predicted molar refractivity (Wildman–Crippen MR) is 223 cm³/mol. The summed E-state index contributed by atoms with van der Waals surface area (Å²) in [4.78, 5) is 92.2. The largest absolute Gasteiger partial charge is 0.508 e. The van der Waals surface area contributed by atoms with Crippen LogP contribution < -0.4 is 44.6 Å². The molecule has 0 aromatic heterocycles. The highest BCUT2D eigenvalue weighted by atomic mass is 16.4. The minimum atomic E-state index is -1.24. The third kappa shape index (κ3) is 16.3. The highest BCUT2D eigenvalue weighted by Gasteiger charge is 2.41. The summed E-state index contributed by atoms with van der Waals surface area (Å²) in [5.41, 5.74) is 28.4. The van der Waals surface area contributed by atoms with Gasteiger partial charge in [-0.05, 0) is 74.5 Å². The number of benzene rings is 1. The van der Waals surface area contributed by atoms with Crippen molar-refractivity contribution in [2.45, 2.75) is 122 Å². The fourth-order valence-electron chi connectivity index (χ4n) is 6.90. The van der Waals surface area contributed by atoms with Crippen LogP contribution in [0.2, 0.25) is 0 Å². The lowest BCUT2D eigenvalue weighted by molar-refractivity contribution is -0.147. The Bertz CT molecular complexity index is 1630. The van der Waals surface area contributed by atoms with Gasteiger partial charge in [-0.1, -0.05) is 46.2 Å². The molecule has 59 heavy (non-hydrogen) atoms. The zero-order valence-electron chi connectivity index (χ0n) is 34.9. The SMILES string of the molecule is CCC(C)C(C(=O)NC(CC(C)C)C(=O)O)N(C)C(=O)C(Cc1ccc(O)cc1)NC(=O)C1CCCN1C(=O)C(CCCN=C(N)N)NC(=O)C(N)CCCN=C(N)N. The molecule has 1 fully saturated rings. The molecule has 1 saturated heterocycles. The van der Waals surface area contributed by atoms with E-state index in [2.05, 4.69) is 25.9 Å². The van der Waals surface area contributed by atoms with Gasteiger partial charge >= 0.3 is 5.97 Å². The molecule has 1 aliphatic heterocycles. The Morgan fingerprint density at radius 1 is 0.864 bits per heavy atom. The van der Waals surface area contributed by atoms with Crippen LogP contribution in [0.1, 0.15) is 84.6 Å². The standard InChI is InChI=1S/C39H66N12O8/c1-6-23(4)31(34(55)49-29(37(58)59)20-22(2)3)50(5)35(56)28(21-24-13-15-25(52)16-14-24)48-33(54)30-12-9-19-51(30)36(57)27(11-8-18-46-39(43)44)47-32(53)26(40)10-7-17-45-38(41)42/h13-16,22-23,26-31,52H,6-12,17-21,40H2,1-5H3,(H,47,53)(H,48,54)(H,49,55)(H,58,59)(H4,41,42,45)(H4,43,44,46). The number of carbonyl (C=O) groups is 6. The number of aliphatic carboxylic acids is 1. The van der Waals surface area contributed by atoms with Gasteiger partial charge in [-0.3, -0.25) is 34.0 Å². The van der Waals surface area contributed by atoms with Crippen LogP contribution in [0.5, 0.6) is 5.75 Å². The van der Waals surface area contributed by atoms with E-state index in [0.29, 0.717) is 31.2 Å². The first kappa shape index (κ1) is 49.5. The zero-order valence-corrected chi connectivity index (χ0v) is 34.9. The van der Waals surface area contributed by atoms with Crippen molar-refractivity contribution >= 4 is 47.4 Å². The van der Waals surface area contributed by atoms with Crippen LogP contribution in [0, 0.1) is 11.8 Å². The molecule has 0 spiro atoms. The molecule has 0 saturated carbocycles. The molecule has 7 unspecified atom stereocenters. The number of hydrogen-bond acceptors (Lipinski definition) is 10. The lowest BCUT2D eigenvalue weighted by atomic mass is 9.94. The van der Waals surface area contributed by atoms with E-state index in [9.17, 15) is 39.0 Å². The normalized spacial score (nSPS) is 16.7. The van der Waals surface area contributed by atoms with Gasteiger partial charge in [0, 0.05) is 33.1 Å². The van der Waals surface area contributed by atoms with Crippen molar-refractivity contribution in [3.63, 3.8) is 0 Å². The smallest absolute Gasteiger partial charge is 0.326 e. The van der Waals surface area contributed by atoms with Gasteiger partial charge in [0.25, 0.3) is 0 Å². The Morgan fingerprint density at radius 2 is 1.44 bits per heavy atom. The van der Waals surface area contributed by atoms with E-state index < -0.39 is 77.7 Å². The molecule has 0 radical (unpaired) electrons. The first-order chi connectivity index (χ1) is 27.8. The molecule has 330 valence electrons. The Labute approximate surface area is 346 Å². The number of carbonyl (C=O) groups excluding carboxylic acids is 5. The minimum Gasteiger partial charge on any atom is -0.508 e. The number of phenolic OH excluding ortho intramolecular Hbond substituents is 1. The summed E-state index contributed by atoms with van der Waals surface area (Å²) in [6.07, 6.45) is 2.40. The molecule has 20 heteroatoms. The average molecular weight is 831 g/mol. The van der Waals surface area contributed by atoms with Crippen molar-refractivity contribution in [3.8, 4) is 5.75 Å². The van der Waals surface area contributed by atoms with E-state index in [1.807, 2.05) is 20.8 Å². The summed E-state index contributed by atoms with van der Waals surface area (Å²) in [5, 5.41) is 27.9. The Kier molecular flexibility index (Phi) is 20.4. The summed E-state index contributed by atoms with van der Waals surface area (Å²) < 4.78 is 0. The quantitative estimate of drug-likeness (QED) is 0.0334. The number of aromatic hydroxyl groups is 1. The van der Waals surface area contributed by atoms with Crippen LogP contribution >= 0.6 is 0 Å². The molecule has 20 nitrogen and oxygen atoms in total. The number of amides is 5. The number of hydrogen-bond donors (Lipinski definition) is 10. The van der Waals surface area contributed by atoms with Gasteiger partial charge in [0.2, 0.25) is 29.5 Å². The van der Waals surface area contributed by atoms with E-state index in [1.54, 1.807) is 19.1 Å². The molecule has 7 atom stereocenters. The van der Waals surface area contributed by atoms with E-state index >= 15 is 0 Å². The number of likely N-dealkylation sites (N-methyl/N-ethyl adjacent to an activating group) is 1. The number of nitrogens with zero attached hydrogens (tertiary/aromatic N) is 4. The average Bonchev–Trinajstić information content (AvgIpc) is 3.67. The number of aliphatic imine (C=N–C) groups is 2. The van der Waals surface area contributed by atoms with E-state index in [4.69, 9.17) is 28.7 Å². The highest BCUT2D eigenvalue weighted by Crippen LogP contribution is 2.22. The molecule has 5 amide bonds. The molecule has 1 aromatic rings. The van der Waals surface area contributed by atoms with E-state index in [-0.39, 0.29) is 75.3 Å². The van der Waals surface area contributed by atoms with Crippen molar-refractivity contribution in [2.75, 3.05) is 26.7 Å². The lowest BCUT2D eigenvalue weighted by Gasteiger charge is -2.35. The van der Waals surface area contributed by atoms with Crippen LogP contribution in [0.15, 0.2) is 34.3 Å². The zero-order chi connectivity index (χ0) is 44.4. The Hall–Kier alpha value is -5.66. The fraction of sp³-hybridized carbons (Fsp3) is 0.641. The van der Waals surface area contributed by atoms with Crippen LogP contribution in [-0.2, 0) is 35.2 Å². The van der Waals surface area contributed by atoms with Crippen molar-refractivity contribution in [1.82, 2.24) is 25.8 Å². The molecule has 1 heterocycles. The molecule has 0 aliphatic carbocycles. The second-order valence-corrected chi connectivity index (χ2v) is 15.5. The first-order valence-corrected chi connectivity index (χ1v) is 20.1. The third-order valence-electron chi connectivity index (χ3n) is 10.2. The molecule has 15 N–H and O–H groups in total. The molecule has 2 rings (SSSR count). The molecule has 1 aliphatic rings. The molecule has 1 aromatic carbocycles. The van der Waals surface area contributed by atoms with E-state index in [1.165, 1.54) is 29.0 Å². The van der Waals surface area contributed by atoms with Crippen molar-refractivity contribution < 1.29 is 39.0 Å². The number of nitrogens with two attached hydrogens (primary N) is 5.